The molecule has 1 aliphatic rings. The van der Waals surface area contributed by atoms with Gasteiger partial charge in [0.1, 0.15) is 66.7 Å². The molecule has 43 heteroatoms. The molecular formula is C95H140BrN23O19. The molecule has 6 aromatic rings. The number of hydrogen-bond donors (Lipinski definition) is 21. The molecule has 24 N–H and O–H groups in total. The molecule has 756 valence electrons. The molecule has 0 bridgehead atoms. The molecule has 1 saturated heterocycles. The summed E-state index contributed by atoms with van der Waals surface area (Å²) in [5.41, 5.74) is 20.0. The highest BCUT2D eigenvalue weighted by atomic mass is 79.9. The summed E-state index contributed by atoms with van der Waals surface area (Å²) >= 11 is 3.47. The van der Waals surface area contributed by atoms with E-state index in [4.69, 9.17) is 22.6 Å². The van der Waals surface area contributed by atoms with Crippen molar-refractivity contribution < 1.29 is 87.2 Å². The number of aromatic nitrogens is 5. The van der Waals surface area contributed by atoms with Crippen LogP contribution in [0.2, 0.25) is 0 Å². The molecule has 0 saturated carbocycles. The van der Waals surface area contributed by atoms with E-state index in [1.807, 2.05) is 43.0 Å². The third-order valence-corrected chi connectivity index (χ3v) is 24.8. The van der Waals surface area contributed by atoms with Gasteiger partial charge in [-0.3, -0.25) is 77.1 Å². The number of carboxylic acid groups (broad SMARTS) is 2. The number of piperazine rings is 1. The van der Waals surface area contributed by atoms with Crippen molar-refractivity contribution in [2.75, 3.05) is 56.5 Å². The monoisotopic (exact) mass is 1990 g/mol. The summed E-state index contributed by atoms with van der Waals surface area (Å²) in [4.78, 5) is 237. The number of primary amides is 1. The van der Waals surface area contributed by atoms with E-state index >= 15 is 4.79 Å². The Hall–Kier alpha value is -13.1. The molecule has 42 nitrogen and oxygen atoms in total. The summed E-state index contributed by atoms with van der Waals surface area (Å²) in [6.45, 7) is 7.55. The Kier molecular flexibility index (Phi) is 48.0. The number of fused-ring (bicyclic) bond motifs is 2. The Morgan fingerprint density at radius 1 is 0.529 bits per heavy atom. The zero-order chi connectivity index (χ0) is 101. The number of likely N-dealkylation sites (N-methyl/N-ethyl adjacent to an activating group) is 1. The van der Waals surface area contributed by atoms with Crippen LogP contribution >= 0.6 is 15.9 Å². The molecule has 0 unspecified atom stereocenters. The highest BCUT2D eigenvalue weighted by molar-refractivity contribution is 9.09. The van der Waals surface area contributed by atoms with Crippen molar-refractivity contribution in [3.05, 3.63) is 119 Å². The number of H-pyrrole nitrogens is 2. The van der Waals surface area contributed by atoms with Crippen LogP contribution in [0.15, 0.2) is 96.6 Å². The van der Waals surface area contributed by atoms with Gasteiger partial charge in [0, 0.05) is 125 Å². The van der Waals surface area contributed by atoms with Crippen LogP contribution in [0, 0.1) is 17.2 Å². The van der Waals surface area contributed by atoms with Crippen LogP contribution in [0.4, 0.5) is 5.69 Å². The molecule has 3 aromatic carbocycles. The minimum atomic E-state index is -1.66. The summed E-state index contributed by atoms with van der Waals surface area (Å²) in [6, 6.07) is 4.20. The van der Waals surface area contributed by atoms with Crippen LogP contribution in [0.5, 0.6) is 5.75 Å². The Balaban J connectivity index is 0.949. The van der Waals surface area contributed by atoms with Crippen molar-refractivity contribution in [3.8, 4) is 5.75 Å². The number of para-hydroxylation sites is 1. The number of carbonyl (C=O) groups is 15. The van der Waals surface area contributed by atoms with Crippen molar-refractivity contribution in [2.24, 2.45) is 29.0 Å². The molecule has 13 amide bonds. The van der Waals surface area contributed by atoms with Crippen molar-refractivity contribution in [3.63, 3.8) is 0 Å². The van der Waals surface area contributed by atoms with Gasteiger partial charge in [0.2, 0.25) is 76.8 Å². The van der Waals surface area contributed by atoms with Gasteiger partial charge in [-0.1, -0.05) is 151 Å². The average molecular weight is 1990 g/mol. The third-order valence-electron chi connectivity index (χ3n) is 24.2. The maximum atomic E-state index is 15.0. The molecular weight excluding hydrogens is 1850 g/mol. The lowest BCUT2D eigenvalue weighted by Crippen LogP contribution is -2.60. The molecule has 0 spiro atoms. The van der Waals surface area contributed by atoms with Crippen LogP contribution in [0.3, 0.4) is 0 Å². The van der Waals surface area contributed by atoms with Gasteiger partial charge in [0.05, 0.1) is 36.0 Å². The summed E-state index contributed by atoms with van der Waals surface area (Å²) in [5, 5.41) is 71.3. The third kappa shape index (κ3) is 38.8. The van der Waals surface area contributed by atoms with E-state index < -0.39 is 168 Å². The van der Waals surface area contributed by atoms with E-state index in [1.54, 1.807) is 43.1 Å². The molecule has 0 aliphatic carbocycles. The predicted octanol–water partition coefficient (Wildman–Crippen LogP) is 3.22. The number of anilines is 1. The standard InChI is InChI=1S/C95H140BrN23O19/c1-6-59(4)83(98)90(132)111-70(27-21-23-41-103-79(122)38-36-71(93(135)136)110-81(124)39-37-72(94(137)138)109-80(123)29-18-16-14-12-10-8-7-9-11-13-15-17-22-40-96)92(134)118-45-43-117(44-46-118)63-32-35-68-66(51-63)91(133)119(57-107-68)55-82(125)108-69(28-24-42-104-95(99)100)85(127)115-76(50-62-54-102-56-106-62)88(130)113-74(48-60-30-33-64(120)34-31-60)87(129)112-73(47-58(2)3)86(128)116-77(52-78(97)121)89(131)114-75(84(126)101-5)49-61-53-105-67-26-20-19-25-65(61)67/h19-20,25-26,30-35,51,53-54,56-59,69-77,83,105,120H,6-18,21-24,27-29,36-50,52,55,98H2,1-5H3,(H2,97,121)(H,101,126)(H,102,106)(H,103,122)(H,108,125)(H,109,123)(H,110,124)(H,111,132)(H,112,129)(H,113,130)(H,114,131)(H,115,127)(H,116,128)(H,135,136)(H,137,138)(H4,99,100,104)/t59-,69-,70-,71-,72-,73-,74-,75-,76-,77-,83-/m0/s1. The minimum Gasteiger partial charge on any atom is -0.508 e. The second-order valence-electron chi connectivity index (χ2n) is 35.6. The number of rotatable bonds is 64. The van der Waals surface area contributed by atoms with Gasteiger partial charge >= 0.3 is 11.9 Å². The number of phenolic OH excluding ortho intramolecular Hbond substituents is 1. The highest BCUT2D eigenvalue weighted by Gasteiger charge is 2.38. The summed E-state index contributed by atoms with van der Waals surface area (Å²) in [6.07, 6.45) is 18.9. The second-order valence-corrected chi connectivity index (χ2v) is 36.4. The fraction of sp³-hybridized carbons (Fsp3) is 0.568. The van der Waals surface area contributed by atoms with Gasteiger partial charge in [-0.05, 0) is 124 Å². The number of imidazole rings is 1. The molecule has 138 heavy (non-hydrogen) atoms. The number of nitrogens with zero attached hydrogens (tertiary/aromatic N) is 5. The largest absolute Gasteiger partial charge is 0.508 e. The number of amides is 13. The smallest absolute Gasteiger partial charge is 0.326 e. The van der Waals surface area contributed by atoms with Crippen LogP contribution in [-0.4, -0.2) is 251 Å². The van der Waals surface area contributed by atoms with Crippen molar-refractivity contribution in [2.45, 2.75) is 281 Å². The lowest BCUT2D eigenvalue weighted by Gasteiger charge is -2.38. The number of guanidine groups is 1. The summed E-state index contributed by atoms with van der Waals surface area (Å²) in [7, 11) is 1.38. The number of aromatic amines is 2. The maximum Gasteiger partial charge on any atom is 0.326 e. The van der Waals surface area contributed by atoms with Crippen LogP contribution < -0.4 is 91.5 Å². The summed E-state index contributed by atoms with van der Waals surface area (Å²) < 4.78 is 1.04. The molecule has 7 rings (SSSR count). The number of phenols is 1. The first-order valence-corrected chi connectivity index (χ1v) is 48.8. The first kappa shape index (κ1) is 112. The lowest BCUT2D eigenvalue weighted by molar-refractivity contribution is -0.143. The fourth-order valence-electron chi connectivity index (χ4n) is 16.1. The molecule has 11 atom stereocenters. The first-order valence-electron chi connectivity index (χ1n) is 47.7. The molecule has 0 radical (unpaired) electrons. The number of unbranched alkanes of at least 4 members (excludes halogenated alkanes) is 13. The number of carboxylic acids is 2. The maximum absolute atomic E-state index is 15.0. The highest BCUT2D eigenvalue weighted by Crippen LogP contribution is 2.25. The molecule has 4 heterocycles. The van der Waals surface area contributed by atoms with Gasteiger partial charge in [-0.15, -0.1) is 0 Å². The van der Waals surface area contributed by atoms with Gasteiger partial charge in [0.25, 0.3) is 5.56 Å². The molecule has 1 fully saturated rings. The van der Waals surface area contributed by atoms with Crippen LogP contribution in [-0.2, 0) is 97.7 Å². The summed E-state index contributed by atoms with van der Waals surface area (Å²) in [5.74, 6) is -13.6. The van der Waals surface area contributed by atoms with E-state index in [0.29, 0.717) is 48.2 Å². The number of carbonyl (C=O) groups excluding carboxylic acids is 13. The fourth-order valence-corrected chi connectivity index (χ4v) is 16.5. The van der Waals surface area contributed by atoms with E-state index in [-0.39, 0.29) is 150 Å². The number of aromatic hydroxyl groups is 1. The number of nitrogens with one attached hydrogen (secondary N) is 15. The normalized spacial score (nSPS) is 14.4. The number of hydrogen-bond acceptors (Lipinski definition) is 22. The first-order chi connectivity index (χ1) is 66.0. The topological polar surface area (TPSA) is 649 Å². The number of halogens is 1. The number of nitrogens with two attached hydrogens (primary N) is 3. The molecule has 3 aromatic heterocycles. The van der Waals surface area contributed by atoms with E-state index in [2.05, 4.69) is 99.7 Å². The quantitative estimate of drug-likeness (QED) is 0.0113. The zero-order valence-electron chi connectivity index (χ0n) is 79.5. The Morgan fingerprint density at radius 3 is 1.65 bits per heavy atom. The number of benzene rings is 3. The lowest BCUT2D eigenvalue weighted by atomic mass is 9.98. The van der Waals surface area contributed by atoms with Gasteiger partial charge in [-0.2, -0.15) is 0 Å². The number of alkyl halides is 1. The van der Waals surface area contributed by atoms with Crippen molar-refractivity contribution >= 4 is 138 Å². The number of aliphatic carboxylic acids is 2. The average Bonchev–Trinajstić information content (AvgIpc) is 0.823. The zero-order valence-corrected chi connectivity index (χ0v) is 81.1. The Labute approximate surface area is 810 Å². The van der Waals surface area contributed by atoms with E-state index in [1.165, 1.54) is 95.2 Å². The molecule has 1 aliphatic heterocycles. The van der Waals surface area contributed by atoms with Crippen LogP contribution in [0.25, 0.3) is 21.8 Å². The van der Waals surface area contributed by atoms with Gasteiger partial charge < -0.3 is 116 Å². The Morgan fingerprint density at radius 2 is 1.07 bits per heavy atom. The predicted molar refractivity (Wildman–Crippen MR) is 521 cm³/mol. The minimum absolute atomic E-state index is 0.00437. The van der Waals surface area contributed by atoms with Gasteiger partial charge in [-0.25, -0.2) is 19.6 Å². The van der Waals surface area contributed by atoms with Gasteiger partial charge in [0.15, 0.2) is 5.96 Å². The second kappa shape index (κ2) is 59.1. The SMILES string of the molecule is CC[C@H](C)[C@H](N)C(=O)N[C@@H](CCCCNC(=O)CC[C@H](NC(=O)CC[C@H](NC(=O)CCCCCCCCCCCCCCCBr)C(=O)O)C(=O)O)C(=O)N1CCN(c2ccc3ncn(CC(=O)N[C@@H](CCCNC(=N)N)C(=O)N[C@@H](Cc4cnc[nH]4)C(=O)N[C@@H](Cc4ccc(O)cc4)C(=O)N[C@@H](CC(C)C)C(=O)N[C@@H](CC(N)=O)C(=O)N[C@@H](Cc4c[nH]c5ccccc45)C(=O)NC)c(=O)c3c2)CC1. The van der Waals surface area contributed by atoms with Crippen molar-refractivity contribution in [1.29, 1.82) is 5.41 Å². The van der Waals surface area contributed by atoms with Crippen molar-refractivity contribution in [1.82, 2.24) is 93.2 Å². The van der Waals surface area contributed by atoms with Crippen LogP contribution in [0.1, 0.15) is 211 Å². The van der Waals surface area contributed by atoms with E-state index in [9.17, 15) is 87.2 Å². The van der Waals surface area contributed by atoms with E-state index in [0.717, 1.165) is 52.8 Å². The Bertz CT molecular complexity index is 5090.